The number of aliphatic hydroxyl groups is 1. The van der Waals surface area contributed by atoms with Gasteiger partial charge in [0.2, 0.25) is 0 Å². The first kappa shape index (κ1) is 9.37. The van der Waals surface area contributed by atoms with Crippen molar-refractivity contribution >= 4 is 5.78 Å². The Kier molecular flexibility index (Phi) is 3.96. The van der Waals surface area contributed by atoms with Gasteiger partial charge in [0.05, 0.1) is 6.10 Å². The van der Waals surface area contributed by atoms with Crippen molar-refractivity contribution in [3.8, 4) is 0 Å². The Labute approximate surface area is 61.6 Å². The maximum atomic E-state index is 10.5. The first-order valence-corrected chi connectivity index (χ1v) is 3.38. The van der Waals surface area contributed by atoms with E-state index in [4.69, 9.17) is 0 Å². The normalized spacial score (nSPS) is 15.9. The average Bonchev–Trinajstić information content (AvgIpc) is 1.85. The lowest BCUT2D eigenvalue weighted by Gasteiger charge is -2.12. The van der Waals surface area contributed by atoms with Gasteiger partial charge in [-0.2, -0.15) is 0 Å². The largest absolute Gasteiger partial charge is 0.392 e. The van der Waals surface area contributed by atoms with Crippen molar-refractivity contribution in [1.82, 2.24) is 0 Å². The van der Waals surface area contributed by atoms with Crippen LogP contribution in [0, 0.1) is 5.92 Å². The summed E-state index contributed by atoms with van der Waals surface area (Å²) >= 11 is 0. The molecule has 0 aliphatic heterocycles. The lowest BCUT2D eigenvalue weighted by molar-refractivity contribution is -0.119. The zero-order valence-corrected chi connectivity index (χ0v) is 6.50. The molecule has 0 unspecified atom stereocenters. The molecule has 0 heterocycles. The molecule has 2 heteroatoms. The first-order valence-electron chi connectivity index (χ1n) is 3.38. The highest BCUT2D eigenvalue weighted by Gasteiger charge is 2.11. The fourth-order valence-electron chi connectivity index (χ4n) is 0.637. The van der Waals surface area contributed by atoms with E-state index in [1.165, 1.54) is 6.92 Å². The van der Waals surface area contributed by atoms with E-state index in [2.05, 4.69) is 6.58 Å². The van der Waals surface area contributed by atoms with Crippen LogP contribution in [0.2, 0.25) is 0 Å². The third kappa shape index (κ3) is 3.41. The van der Waals surface area contributed by atoms with Gasteiger partial charge in [-0.25, -0.2) is 0 Å². The number of aliphatic hydroxyl groups excluding tert-OH is 1. The molecule has 0 radical (unpaired) electrons. The molecule has 2 nitrogen and oxygen atoms in total. The molecule has 2 atom stereocenters. The van der Waals surface area contributed by atoms with Gasteiger partial charge >= 0.3 is 0 Å². The topological polar surface area (TPSA) is 37.3 Å². The average molecular weight is 142 g/mol. The Hall–Kier alpha value is -0.630. The van der Waals surface area contributed by atoms with Crippen LogP contribution in [-0.2, 0) is 4.79 Å². The Balaban J connectivity index is 3.71. The smallest absolute Gasteiger partial charge is 0.132 e. The molecule has 1 N–H and O–H groups in total. The van der Waals surface area contributed by atoms with E-state index in [0.717, 1.165) is 0 Å². The summed E-state index contributed by atoms with van der Waals surface area (Å²) in [4.78, 5) is 10.5. The second kappa shape index (κ2) is 4.23. The van der Waals surface area contributed by atoms with Crippen molar-refractivity contribution in [3.63, 3.8) is 0 Å². The first-order chi connectivity index (χ1) is 4.57. The fourth-order valence-corrected chi connectivity index (χ4v) is 0.637. The zero-order chi connectivity index (χ0) is 8.15. The Morgan fingerprint density at radius 1 is 1.80 bits per heavy atom. The summed E-state index contributed by atoms with van der Waals surface area (Å²) in [6.07, 6.45) is 1.32. The van der Waals surface area contributed by atoms with Crippen LogP contribution >= 0.6 is 0 Å². The van der Waals surface area contributed by atoms with Crippen LogP contribution in [0.1, 0.15) is 20.3 Å². The quantitative estimate of drug-likeness (QED) is 0.598. The minimum atomic E-state index is -0.560. The summed E-state index contributed by atoms with van der Waals surface area (Å²) in [7, 11) is 0. The van der Waals surface area contributed by atoms with E-state index < -0.39 is 6.10 Å². The molecule has 0 aromatic rings. The molecule has 0 aromatic carbocycles. The van der Waals surface area contributed by atoms with E-state index in [1.807, 2.05) is 6.92 Å². The molecule has 0 spiro atoms. The SMILES string of the molecule is C=C[C@@H](C)[C@@H](O)CC(C)=O. The van der Waals surface area contributed by atoms with Crippen molar-refractivity contribution in [3.05, 3.63) is 12.7 Å². The predicted molar refractivity (Wildman–Crippen MR) is 40.7 cm³/mol. The lowest BCUT2D eigenvalue weighted by Crippen LogP contribution is -2.18. The molecule has 0 saturated carbocycles. The third-order valence-corrected chi connectivity index (χ3v) is 1.48. The van der Waals surface area contributed by atoms with Crippen LogP contribution in [0.5, 0.6) is 0 Å². The Bertz CT molecular complexity index is 129. The minimum Gasteiger partial charge on any atom is -0.392 e. The van der Waals surface area contributed by atoms with Gasteiger partial charge in [-0.3, -0.25) is 4.79 Å². The molecule has 0 aromatic heterocycles. The number of hydrogen-bond acceptors (Lipinski definition) is 2. The molecule has 0 bridgehead atoms. The lowest BCUT2D eigenvalue weighted by atomic mass is 10.0. The molecule has 0 rings (SSSR count). The predicted octanol–water partition coefficient (Wildman–Crippen LogP) is 1.15. The maximum Gasteiger partial charge on any atom is 0.132 e. The number of hydrogen-bond donors (Lipinski definition) is 1. The summed E-state index contributed by atoms with van der Waals surface area (Å²) in [6.45, 7) is 6.82. The number of carbonyl (C=O) groups excluding carboxylic acids is 1. The fraction of sp³-hybridized carbons (Fsp3) is 0.625. The van der Waals surface area contributed by atoms with Gasteiger partial charge < -0.3 is 5.11 Å². The van der Waals surface area contributed by atoms with E-state index in [9.17, 15) is 9.90 Å². The van der Waals surface area contributed by atoms with E-state index in [1.54, 1.807) is 6.08 Å². The summed E-state index contributed by atoms with van der Waals surface area (Å²) in [5, 5.41) is 9.20. The maximum absolute atomic E-state index is 10.5. The van der Waals surface area contributed by atoms with Crippen molar-refractivity contribution in [2.45, 2.75) is 26.4 Å². The van der Waals surface area contributed by atoms with Crippen LogP contribution in [0.25, 0.3) is 0 Å². The summed E-state index contributed by atoms with van der Waals surface area (Å²) in [5.74, 6) is 0.0186. The van der Waals surface area contributed by atoms with Gasteiger partial charge in [-0.05, 0) is 6.92 Å². The highest BCUT2D eigenvalue weighted by molar-refractivity contribution is 5.75. The molecule has 0 fully saturated rings. The minimum absolute atomic E-state index is 0.00361. The van der Waals surface area contributed by atoms with Crippen LogP contribution in [-0.4, -0.2) is 17.0 Å². The van der Waals surface area contributed by atoms with Crippen molar-refractivity contribution in [2.24, 2.45) is 5.92 Å². The van der Waals surface area contributed by atoms with Crippen LogP contribution in [0.4, 0.5) is 0 Å². The molecular weight excluding hydrogens is 128 g/mol. The van der Waals surface area contributed by atoms with Crippen molar-refractivity contribution < 1.29 is 9.90 Å². The summed E-state index contributed by atoms with van der Waals surface area (Å²) in [5.41, 5.74) is 0. The van der Waals surface area contributed by atoms with Gasteiger partial charge in [-0.1, -0.05) is 13.0 Å². The second-order valence-electron chi connectivity index (χ2n) is 2.57. The molecular formula is C8H14O2. The summed E-state index contributed by atoms with van der Waals surface area (Å²) < 4.78 is 0. The van der Waals surface area contributed by atoms with Gasteiger partial charge in [0.15, 0.2) is 0 Å². The van der Waals surface area contributed by atoms with Gasteiger partial charge in [-0.15, -0.1) is 6.58 Å². The van der Waals surface area contributed by atoms with Gasteiger partial charge in [0.25, 0.3) is 0 Å². The molecule has 0 aliphatic carbocycles. The number of carbonyl (C=O) groups is 1. The monoisotopic (exact) mass is 142 g/mol. The standard InChI is InChI=1S/C8H14O2/c1-4-6(2)8(10)5-7(3)9/h4,6,8,10H,1,5H2,2-3H3/t6-,8+/m1/s1. The molecule has 10 heavy (non-hydrogen) atoms. The van der Waals surface area contributed by atoms with E-state index >= 15 is 0 Å². The van der Waals surface area contributed by atoms with Crippen LogP contribution in [0.15, 0.2) is 12.7 Å². The third-order valence-electron chi connectivity index (χ3n) is 1.48. The zero-order valence-electron chi connectivity index (χ0n) is 6.50. The Morgan fingerprint density at radius 2 is 2.30 bits per heavy atom. The van der Waals surface area contributed by atoms with Crippen LogP contribution < -0.4 is 0 Å². The number of ketones is 1. The van der Waals surface area contributed by atoms with Gasteiger partial charge in [0, 0.05) is 12.3 Å². The molecule has 0 aliphatic rings. The molecule has 58 valence electrons. The van der Waals surface area contributed by atoms with E-state index in [0.29, 0.717) is 0 Å². The number of rotatable bonds is 4. The van der Waals surface area contributed by atoms with Crippen molar-refractivity contribution in [1.29, 1.82) is 0 Å². The van der Waals surface area contributed by atoms with Crippen molar-refractivity contribution in [2.75, 3.05) is 0 Å². The number of Topliss-reactive ketones (excluding diaryl/α,β-unsaturated/α-hetero) is 1. The molecule has 0 saturated heterocycles. The van der Waals surface area contributed by atoms with Crippen LogP contribution in [0.3, 0.4) is 0 Å². The van der Waals surface area contributed by atoms with E-state index in [-0.39, 0.29) is 18.1 Å². The Morgan fingerprint density at radius 3 is 2.60 bits per heavy atom. The second-order valence-corrected chi connectivity index (χ2v) is 2.57. The summed E-state index contributed by atoms with van der Waals surface area (Å²) in [6, 6.07) is 0. The highest BCUT2D eigenvalue weighted by Crippen LogP contribution is 2.07. The van der Waals surface area contributed by atoms with Gasteiger partial charge in [0.1, 0.15) is 5.78 Å². The highest BCUT2D eigenvalue weighted by atomic mass is 16.3. The molecule has 0 amide bonds.